The van der Waals surface area contributed by atoms with Crippen molar-refractivity contribution < 1.29 is 9.53 Å². The van der Waals surface area contributed by atoms with E-state index in [1.54, 1.807) is 12.5 Å². The molecule has 0 bridgehead atoms. The number of hydrogen-bond acceptors (Lipinski definition) is 3. The molecule has 4 heteroatoms. The molecule has 0 aliphatic rings. The second-order valence-corrected chi connectivity index (χ2v) is 4.21. The Balaban J connectivity index is 1.94. The SMILES string of the molecule is CCCCCCCOC(=O)CCc1cnc[nH]1. The molecule has 0 aliphatic heterocycles. The molecule has 1 N–H and O–H groups in total. The Labute approximate surface area is 103 Å². The van der Waals surface area contributed by atoms with Gasteiger partial charge >= 0.3 is 5.97 Å². The minimum absolute atomic E-state index is 0.116. The molecule has 0 radical (unpaired) electrons. The fourth-order valence-electron chi connectivity index (χ4n) is 1.62. The molecule has 1 rings (SSSR count). The van der Waals surface area contributed by atoms with Crippen molar-refractivity contribution in [2.75, 3.05) is 6.61 Å². The van der Waals surface area contributed by atoms with Gasteiger partial charge in [-0.15, -0.1) is 0 Å². The van der Waals surface area contributed by atoms with Crippen LogP contribution in [0.25, 0.3) is 0 Å². The summed E-state index contributed by atoms with van der Waals surface area (Å²) in [4.78, 5) is 18.2. The first-order chi connectivity index (χ1) is 8.33. The Kier molecular flexibility index (Phi) is 7.11. The average Bonchev–Trinajstić information content (AvgIpc) is 2.84. The fourth-order valence-corrected chi connectivity index (χ4v) is 1.62. The summed E-state index contributed by atoms with van der Waals surface area (Å²) in [5.74, 6) is -0.116. The summed E-state index contributed by atoms with van der Waals surface area (Å²) < 4.78 is 5.15. The quantitative estimate of drug-likeness (QED) is 0.531. The fraction of sp³-hybridized carbons (Fsp3) is 0.692. The minimum atomic E-state index is -0.116. The predicted molar refractivity (Wildman–Crippen MR) is 66.6 cm³/mol. The summed E-state index contributed by atoms with van der Waals surface area (Å²) in [5.41, 5.74) is 0.977. The Morgan fingerprint density at radius 3 is 2.88 bits per heavy atom. The molecule has 4 nitrogen and oxygen atoms in total. The van der Waals surface area contributed by atoms with Gasteiger partial charge in [-0.25, -0.2) is 4.98 Å². The van der Waals surface area contributed by atoms with E-state index in [0.29, 0.717) is 19.4 Å². The van der Waals surface area contributed by atoms with Gasteiger partial charge in [-0.1, -0.05) is 32.6 Å². The Bertz CT molecular complexity index is 296. The number of imidazole rings is 1. The first kappa shape index (κ1) is 13.7. The number of aromatic nitrogens is 2. The van der Waals surface area contributed by atoms with E-state index in [1.807, 2.05) is 0 Å². The Morgan fingerprint density at radius 2 is 2.18 bits per heavy atom. The van der Waals surface area contributed by atoms with E-state index in [2.05, 4.69) is 16.9 Å². The number of aromatic amines is 1. The molecule has 0 amide bonds. The zero-order valence-electron chi connectivity index (χ0n) is 10.6. The number of carbonyl (C=O) groups is 1. The van der Waals surface area contributed by atoms with Crippen LogP contribution in [0.5, 0.6) is 0 Å². The maximum absolute atomic E-state index is 11.4. The van der Waals surface area contributed by atoms with E-state index < -0.39 is 0 Å². The lowest BCUT2D eigenvalue weighted by Gasteiger charge is -2.04. The molecule has 1 aromatic heterocycles. The van der Waals surface area contributed by atoms with Crippen molar-refractivity contribution in [1.29, 1.82) is 0 Å². The number of nitrogens with zero attached hydrogens (tertiary/aromatic N) is 1. The van der Waals surface area contributed by atoms with Gasteiger partial charge < -0.3 is 9.72 Å². The molecule has 0 saturated heterocycles. The highest BCUT2D eigenvalue weighted by Crippen LogP contribution is 2.03. The van der Waals surface area contributed by atoms with Crippen molar-refractivity contribution in [2.45, 2.75) is 51.9 Å². The topological polar surface area (TPSA) is 55.0 Å². The molecular formula is C13H22N2O2. The van der Waals surface area contributed by atoms with Crippen LogP contribution in [-0.2, 0) is 16.0 Å². The van der Waals surface area contributed by atoms with Gasteiger partial charge in [0.15, 0.2) is 0 Å². The number of unbranched alkanes of at least 4 members (excludes halogenated alkanes) is 4. The Hall–Kier alpha value is -1.32. The van der Waals surface area contributed by atoms with Crippen molar-refractivity contribution >= 4 is 5.97 Å². The number of rotatable bonds is 9. The van der Waals surface area contributed by atoms with E-state index in [9.17, 15) is 4.79 Å². The minimum Gasteiger partial charge on any atom is -0.466 e. The van der Waals surface area contributed by atoms with Gasteiger partial charge in [0.2, 0.25) is 0 Å². The largest absolute Gasteiger partial charge is 0.466 e. The summed E-state index contributed by atoms with van der Waals surface area (Å²) in [6.07, 6.45) is 10.3. The highest BCUT2D eigenvalue weighted by Gasteiger charge is 2.03. The molecule has 1 heterocycles. The molecular weight excluding hydrogens is 216 g/mol. The number of hydrogen-bond donors (Lipinski definition) is 1. The third-order valence-corrected chi connectivity index (χ3v) is 2.66. The smallest absolute Gasteiger partial charge is 0.306 e. The number of ether oxygens (including phenoxy) is 1. The van der Waals surface area contributed by atoms with Crippen molar-refractivity contribution in [1.82, 2.24) is 9.97 Å². The van der Waals surface area contributed by atoms with E-state index >= 15 is 0 Å². The van der Waals surface area contributed by atoms with Gasteiger partial charge in [0.1, 0.15) is 0 Å². The van der Waals surface area contributed by atoms with Crippen molar-refractivity contribution in [3.05, 3.63) is 18.2 Å². The zero-order valence-corrected chi connectivity index (χ0v) is 10.6. The van der Waals surface area contributed by atoms with Crippen LogP contribution in [0, 0.1) is 0 Å². The maximum Gasteiger partial charge on any atom is 0.306 e. The number of H-pyrrole nitrogens is 1. The summed E-state index contributed by atoms with van der Waals surface area (Å²) in [6, 6.07) is 0. The molecule has 96 valence electrons. The van der Waals surface area contributed by atoms with Crippen molar-refractivity contribution in [2.24, 2.45) is 0 Å². The van der Waals surface area contributed by atoms with Gasteiger partial charge in [0, 0.05) is 11.9 Å². The maximum atomic E-state index is 11.4. The molecule has 0 spiro atoms. The number of esters is 1. The van der Waals surface area contributed by atoms with Crippen LogP contribution in [0.2, 0.25) is 0 Å². The van der Waals surface area contributed by atoms with Crippen LogP contribution in [-0.4, -0.2) is 22.5 Å². The lowest BCUT2D eigenvalue weighted by atomic mass is 10.2. The molecule has 0 saturated carbocycles. The van der Waals surface area contributed by atoms with E-state index in [0.717, 1.165) is 18.5 Å². The molecule has 1 aromatic rings. The average molecular weight is 238 g/mol. The summed E-state index contributed by atoms with van der Waals surface area (Å²) in [7, 11) is 0. The van der Waals surface area contributed by atoms with Gasteiger partial charge in [0.25, 0.3) is 0 Å². The van der Waals surface area contributed by atoms with Crippen molar-refractivity contribution in [3.8, 4) is 0 Å². The van der Waals surface area contributed by atoms with Gasteiger partial charge in [-0.2, -0.15) is 0 Å². The molecule has 0 fully saturated rings. The lowest BCUT2D eigenvalue weighted by Crippen LogP contribution is -2.07. The number of aryl methyl sites for hydroxylation is 1. The van der Waals surface area contributed by atoms with Crippen LogP contribution < -0.4 is 0 Å². The summed E-state index contributed by atoms with van der Waals surface area (Å²) in [5, 5.41) is 0. The third kappa shape index (κ3) is 6.76. The summed E-state index contributed by atoms with van der Waals surface area (Å²) >= 11 is 0. The Morgan fingerprint density at radius 1 is 1.35 bits per heavy atom. The van der Waals surface area contributed by atoms with E-state index in [4.69, 9.17) is 4.74 Å². The first-order valence-electron chi connectivity index (χ1n) is 6.45. The molecule has 17 heavy (non-hydrogen) atoms. The highest BCUT2D eigenvalue weighted by atomic mass is 16.5. The number of carbonyl (C=O) groups excluding carboxylic acids is 1. The molecule has 0 aromatic carbocycles. The normalized spacial score (nSPS) is 10.4. The van der Waals surface area contributed by atoms with Crippen LogP contribution in [0.1, 0.15) is 51.1 Å². The molecule has 0 aliphatic carbocycles. The highest BCUT2D eigenvalue weighted by molar-refractivity contribution is 5.69. The van der Waals surface area contributed by atoms with Crippen LogP contribution in [0.4, 0.5) is 0 Å². The number of nitrogens with one attached hydrogen (secondary N) is 1. The van der Waals surface area contributed by atoms with E-state index in [1.165, 1.54) is 19.3 Å². The van der Waals surface area contributed by atoms with E-state index in [-0.39, 0.29) is 5.97 Å². The third-order valence-electron chi connectivity index (χ3n) is 2.66. The zero-order chi connectivity index (χ0) is 12.3. The second-order valence-electron chi connectivity index (χ2n) is 4.21. The molecule has 0 unspecified atom stereocenters. The second kappa shape index (κ2) is 8.79. The monoisotopic (exact) mass is 238 g/mol. The van der Waals surface area contributed by atoms with Crippen LogP contribution in [0.3, 0.4) is 0 Å². The standard InChI is InChI=1S/C13H22N2O2/c1-2-3-4-5-6-9-17-13(16)8-7-12-10-14-11-15-12/h10-11H,2-9H2,1H3,(H,14,15). The van der Waals surface area contributed by atoms with Crippen LogP contribution in [0.15, 0.2) is 12.5 Å². The molecule has 0 atom stereocenters. The predicted octanol–water partition coefficient (Wildman–Crippen LogP) is 2.86. The van der Waals surface area contributed by atoms with Crippen LogP contribution >= 0.6 is 0 Å². The van der Waals surface area contributed by atoms with Gasteiger partial charge in [-0.3, -0.25) is 4.79 Å². The first-order valence-corrected chi connectivity index (χ1v) is 6.45. The lowest BCUT2D eigenvalue weighted by molar-refractivity contribution is -0.143. The summed E-state index contributed by atoms with van der Waals surface area (Å²) in [6.45, 7) is 2.75. The van der Waals surface area contributed by atoms with Gasteiger partial charge in [-0.05, 0) is 12.8 Å². The van der Waals surface area contributed by atoms with Gasteiger partial charge in [0.05, 0.1) is 19.4 Å². The van der Waals surface area contributed by atoms with Crippen molar-refractivity contribution in [3.63, 3.8) is 0 Å².